The maximum absolute atomic E-state index is 12.3. The van der Waals surface area contributed by atoms with Crippen molar-refractivity contribution >= 4 is 35.0 Å². The van der Waals surface area contributed by atoms with Crippen molar-refractivity contribution in [2.75, 3.05) is 16.4 Å². The Labute approximate surface area is 146 Å². The molecule has 0 fully saturated rings. The van der Waals surface area contributed by atoms with Crippen LogP contribution >= 0.6 is 11.8 Å². The van der Waals surface area contributed by atoms with E-state index in [1.807, 2.05) is 48.5 Å². The van der Waals surface area contributed by atoms with E-state index in [9.17, 15) is 9.59 Å². The predicted molar refractivity (Wildman–Crippen MR) is 99.3 cm³/mol. The van der Waals surface area contributed by atoms with Crippen LogP contribution in [0.3, 0.4) is 0 Å². The first-order valence-corrected chi connectivity index (χ1v) is 9.12. The van der Waals surface area contributed by atoms with Gasteiger partial charge in [-0.25, -0.2) is 0 Å². The van der Waals surface area contributed by atoms with Gasteiger partial charge >= 0.3 is 0 Å². The molecule has 24 heavy (non-hydrogen) atoms. The zero-order valence-electron chi connectivity index (χ0n) is 13.3. The molecular weight excluding hydrogens is 320 g/mol. The molecule has 1 aliphatic rings. The van der Waals surface area contributed by atoms with Crippen LogP contribution in [0, 0.1) is 0 Å². The number of fused-ring (bicyclic) bond motifs is 1. The van der Waals surface area contributed by atoms with E-state index in [1.54, 1.807) is 11.8 Å². The van der Waals surface area contributed by atoms with Crippen LogP contribution in [0.25, 0.3) is 0 Å². The number of carbonyl (C=O) groups excluding carboxylic acids is 2. The van der Waals surface area contributed by atoms with Gasteiger partial charge in [-0.05, 0) is 36.6 Å². The number of hydrogen-bond donors (Lipinski definition) is 2. The summed E-state index contributed by atoms with van der Waals surface area (Å²) in [7, 11) is 0. The van der Waals surface area contributed by atoms with Gasteiger partial charge < -0.3 is 10.6 Å². The van der Waals surface area contributed by atoms with Crippen LogP contribution in [0.5, 0.6) is 0 Å². The van der Waals surface area contributed by atoms with Crippen molar-refractivity contribution in [2.24, 2.45) is 0 Å². The number of para-hydroxylation sites is 2. The monoisotopic (exact) mass is 340 g/mol. The Bertz CT molecular complexity index is 718. The van der Waals surface area contributed by atoms with Crippen molar-refractivity contribution in [3.05, 3.63) is 60.2 Å². The summed E-state index contributed by atoms with van der Waals surface area (Å²) >= 11 is 1.56. The van der Waals surface area contributed by atoms with Gasteiger partial charge in [0.05, 0.1) is 5.25 Å². The number of hydrogen-bond acceptors (Lipinski definition) is 3. The van der Waals surface area contributed by atoms with E-state index in [0.717, 1.165) is 24.2 Å². The Morgan fingerprint density at radius 2 is 1.88 bits per heavy atom. The van der Waals surface area contributed by atoms with Gasteiger partial charge in [-0.1, -0.05) is 36.4 Å². The fourth-order valence-corrected chi connectivity index (χ4v) is 3.77. The molecule has 2 N–H and O–H groups in total. The number of benzene rings is 2. The lowest BCUT2D eigenvalue weighted by Gasteiger charge is -2.12. The van der Waals surface area contributed by atoms with E-state index < -0.39 is 0 Å². The smallest absolute Gasteiger partial charge is 0.237 e. The molecule has 0 saturated heterocycles. The van der Waals surface area contributed by atoms with Crippen LogP contribution in [0.1, 0.15) is 18.4 Å². The quantitative estimate of drug-likeness (QED) is 0.872. The topological polar surface area (TPSA) is 58.2 Å². The minimum Gasteiger partial charge on any atom is -0.326 e. The van der Waals surface area contributed by atoms with Gasteiger partial charge in [0.15, 0.2) is 0 Å². The van der Waals surface area contributed by atoms with Crippen LogP contribution in [-0.4, -0.2) is 22.8 Å². The van der Waals surface area contributed by atoms with Crippen molar-refractivity contribution in [2.45, 2.75) is 24.5 Å². The number of thioether (sulfide) groups is 1. The normalized spacial score (nSPS) is 16.7. The van der Waals surface area contributed by atoms with Crippen LogP contribution in [0.15, 0.2) is 54.6 Å². The lowest BCUT2D eigenvalue weighted by molar-refractivity contribution is -0.116. The highest BCUT2D eigenvalue weighted by Crippen LogP contribution is 2.27. The summed E-state index contributed by atoms with van der Waals surface area (Å²) in [4.78, 5) is 24.3. The van der Waals surface area contributed by atoms with Gasteiger partial charge in [-0.15, -0.1) is 11.8 Å². The number of carbonyl (C=O) groups is 2. The molecule has 0 spiro atoms. The lowest BCUT2D eigenvalue weighted by atomic mass is 10.1. The van der Waals surface area contributed by atoms with E-state index in [2.05, 4.69) is 16.7 Å². The Hall–Kier alpha value is -2.27. The van der Waals surface area contributed by atoms with Crippen LogP contribution in [0.2, 0.25) is 0 Å². The zero-order valence-corrected chi connectivity index (χ0v) is 14.1. The third kappa shape index (κ3) is 4.38. The Morgan fingerprint density at radius 1 is 1.12 bits per heavy atom. The van der Waals surface area contributed by atoms with Crippen molar-refractivity contribution in [1.82, 2.24) is 0 Å². The van der Waals surface area contributed by atoms with Crippen molar-refractivity contribution < 1.29 is 9.59 Å². The molecule has 0 bridgehead atoms. The van der Waals surface area contributed by atoms with Gasteiger partial charge in [0.25, 0.3) is 0 Å². The average Bonchev–Trinajstić information content (AvgIpc) is 2.75. The maximum atomic E-state index is 12.3. The van der Waals surface area contributed by atoms with Crippen LogP contribution in [0.4, 0.5) is 11.4 Å². The molecule has 0 aliphatic carbocycles. The van der Waals surface area contributed by atoms with E-state index in [0.29, 0.717) is 12.2 Å². The molecule has 2 amide bonds. The summed E-state index contributed by atoms with van der Waals surface area (Å²) < 4.78 is 0. The minimum atomic E-state index is -0.109. The second-order valence-electron chi connectivity index (χ2n) is 5.71. The van der Waals surface area contributed by atoms with Crippen LogP contribution in [-0.2, 0) is 16.0 Å². The lowest BCUT2D eigenvalue weighted by Crippen LogP contribution is -2.24. The maximum Gasteiger partial charge on any atom is 0.237 e. The Balaban J connectivity index is 1.47. The first-order chi connectivity index (χ1) is 11.7. The number of rotatable bonds is 5. The predicted octanol–water partition coefficient (Wildman–Crippen LogP) is 3.70. The molecule has 4 nitrogen and oxygen atoms in total. The summed E-state index contributed by atoms with van der Waals surface area (Å²) in [5.41, 5.74) is 2.89. The molecule has 1 aliphatic heterocycles. The van der Waals surface area contributed by atoms with Gasteiger partial charge in [0.1, 0.15) is 0 Å². The highest BCUT2D eigenvalue weighted by atomic mass is 32.2. The number of aryl methyl sites for hydroxylation is 1. The minimum absolute atomic E-state index is 0.0222. The van der Waals surface area contributed by atoms with Crippen molar-refractivity contribution in [3.8, 4) is 0 Å². The van der Waals surface area contributed by atoms with Crippen molar-refractivity contribution in [3.63, 3.8) is 0 Å². The molecule has 0 saturated carbocycles. The van der Waals surface area contributed by atoms with Crippen molar-refractivity contribution in [1.29, 1.82) is 0 Å². The summed E-state index contributed by atoms with van der Waals surface area (Å²) in [5, 5.41) is 5.75. The number of anilines is 2. The summed E-state index contributed by atoms with van der Waals surface area (Å²) in [6.07, 6.45) is 2.08. The first-order valence-electron chi connectivity index (χ1n) is 8.07. The molecule has 5 heteroatoms. The Kier molecular flexibility index (Phi) is 5.54. The summed E-state index contributed by atoms with van der Waals surface area (Å²) in [5.74, 6) is 0.645. The fourth-order valence-electron chi connectivity index (χ4n) is 2.69. The number of nitrogens with one attached hydrogen (secondary N) is 2. The second-order valence-corrected chi connectivity index (χ2v) is 7.02. The third-order valence-corrected chi connectivity index (χ3v) is 5.24. The molecule has 0 aromatic heterocycles. The zero-order chi connectivity index (χ0) is 16.8. The summed E-state index contributed by atoms with van der Waals surface area (Å²) in [6, 6.07) is 17.3. The number of amides is 2. The molecule has 0 unspecified atom stereocenters. The van der Waals surface area contributed by atoms with E-state index in [1.165, 1.54) is 5.56 Å². The first kappa shape index (κ1) is 16.6. The fraction of sp³-hybridized carbons (Fsp3) is 0.263. The largest absolute Gasteiger partial charge is 0.326 e. The molecule has 3 rings (SSSR count). The van der Waals surface area contributed by atoms with Crippen LogP contribution < -0.4 is 10.6 Å². The van der Waals surface area contributed by atoms with Gasteiger partial charge in [0.2, 0.25) is 11.8 Å². The highest BCUT2D eigenvalue weighted by Gasteiger charge is 2.23. The third-order valence-electron chi connectivity index (χ3n) is 3.95. The van der Waals surface area contributed by atoms with Gasteiger partial charge in [-0.3, -0.25) is 9.59 Å². The van der Waals surface area contributed by atoms with E-state index in [-0.39, 0.29) is 17.1 Å². The van der Waals surface area contributed by atoms with E-state index >= 15 is 0 Å². The SMILES string of the molecule is O=C(CCS[C@@H]1CCc2ccccc2NC1=O)Nc1ccccc1. The Morgan fingerprint density at radius 3 is 2.71 bits per heavy atom. The molecular formula is C19H20N2O2S. The molecule has 2 aromatic carbocycles. The molecule has 124 valence electrons. The summed E-state index contributed by atoms with van der Waals surface area (Å²) in [6.45, 7) is 0. The highest BCUT2D eigenvalue weighted by molar-refractivity contribution is 8.00. The van der Waals surface area contributed by atoms with E-state index in [4.69, 9.17) is 0 Å². The molecule has 1 atom stereocenters. The average molecular weight is 340 g/mol. The standard InChI is InChI=1S/C19H20N2O2S/c22-18(20-15-7-2-1-3-8-15)12-13-24-17-11-10-14-6-4-5-9-16(14)21-19(17)23/h1-9,17H,10-13H2,(H,20,22)(H,21,23)/t17-/m1/s1. The molecule has 2 aromatic rings. The second kappa shape index (κ2) is 8.02. The van der Waals surface area contributed by atoms with Gasteiger partial charge in [-0.2, -0.15) is 0 Å². The molecule has 0 radical (unpaired) electrons. The van der Waals surface area contributed by atoms with Gasteiger partial charge in [0, 0.05) is 23.5 Å². The molecule has 1 heterocycles.